The van der Waals surface area contributed by atoms with Crippen molar-refractivity contribution >= 4 is 5.95 Å². The fraction of sp³-hybridized carbons (Fsp3) is 0.474. The van der Waals surface area contributed by atoms with Crippen LogP contribution >= 0.6 is 0 Å². The van der Waals surface area contributed by atoms with Crippen LogP contribution in [-0.4, -0.2) is 48.0 Å². The average molecular weight is 359 g/mol. The van der Waals surface area contributed by atoms with Crippen LogP contribution in [0, 0.1) is 0 Å². The van der Waals surface area contributed by atoms with Gasteiger partial charge in [0.1, 0.15) is 5.75 Å². The predicted octanol–water partition coefficient (Wildman–Crippen LogP) is 2.08. The number of ether oxygens (including phenoxy) is 2. The highest BCUT2D eigenvalue weighted by Crippen LogP contribution is 2.20. The Morgan fingerprint density at radius 3 is 2.65 bits per heavy atom. The molecule has 2 aromatic rings. The fourth-order valence-electron chi connectivity index (χ4n) is 2.80. The summed E-state index contributed by atoms with van der Waals surface area (Å²) >= 11 is 0. The van der Waals surface area contributed by atoms with E-state index < -0.39 is 0 Å². The van der Waals surface area contributed by atoms with E-state index in [9.17, 15) is 9.90 Å². The lowest BCUT2D eigenvalue weighted by atomic mass is 10.1. The van der Waals surface area contributed by atoms with Gasteiger partial charge >= 0.3 is 0 Å². The Hall–Kier alpha value is -2.54. The second-order valence-electron chi connectivity index (χ2n) is 6.31. The van der Waals surface area contributed by atoms with E-state index >= 15 is 0 Å². The second-order valence-corrected chi connectivity index (χ2v) is 6.31. The third-order valence-corrected chi connectivity index (χ3v) is 4.36. The number of anilines is 1. The Bertz CT molecular complexity index is 767. The molecule has 0 radical (unpaired) electrons. The Morgan fingerprint density at radius 1 is 1.27 bits per heavy atom. The molecule has 1 fully saturated rings. The van der Waals surface area contributed by atoms with Gasteiger partial charge in [0.15, 0.2) is 0 Å². The van der Waals surface area contributed by atoms with Crippen LogP contribution in [0.1, 0.15) is 30.9 Å². The molecule has 0 aliphatic carbocycles. The summed E-state index contributed by atoms with van der Waals surface area (Å²) in [5, 5.41) is 10.2. The van der Waals surface area contributed by atoms with Gasteiger partial charge in [0.05, 0.1) is 25.4 Å². The van der Waals surface area contributed by atoms with E-state index in [2.05, 4.69) is 16.9 Å². The number of nitrogens with one attached hydrogen (secondary N) is 1. The van der Waals surface area contributed by atoms with Crippen molar-refractivity contribution in [1.29, 1.82) is 0 Å². The third-order valence-electron chi connectivity index (χ3n) is 4.36. The molecule has 0 saturated carbocycles. The zero-order chi connectivity index (χ0) is 18.4. The van der Waals surface area contributed by atoms with Crippen molar-refractivity contribution in [3.05, 3.63) is 45.7 Å². The number of unbranched alkanes of at least 4 members (excludes halogenated alkanes) is 1. The molecule has 7 heteroatoms. The SMILES string of the molecule is CCCCOc1ccc(Cc2c(O)nc(N3CCOCC3)[nH]c2=O)cc1. The highest BCUT2D eigenvalue weighted by molar-refractivity contribution is 5.39. The molecule has 1 aromatic carbocycles. The summed E-state index contributed by atoms with van der Waals surface area (Å²) < 4.78 is 10.9. The van der Waals surface area contributed by atoms with E-state index in [1.165, 1.54) is 0 Å². The summed E-state index contributed by atoms with van der Waals surface area (Å²) in [5.74, 6) is 0.971. The highest BCUT2D eigenvalue weighted by Gasteiger charge is 2.17. The number of hydrogen-bond acceptors (Lipinski definition) is 6. The first-order chi connectivity index (χ1) is 12.7. The number of rotatable bonds is 7. The van der Waals surface area contributed by atoms with Crippen molar-refractivity contribution in [3.63, 3.8) is 0 Å². The molecule has 1 saturated heterocycles. The van der Waals surface area contributed by atoms with Crippen molar-refractivity contribution in [3.8, 4) is 11.6 Å². The van der Waals surface area contributed by atoms with Gasteiger partial charge in [0.2, 0.25) is 11.8 Å². The van der Waals surface area contributed by atoms with E-state index in [4.69, 9.17) is 9.47 Å². The molecular formula is C19H25N3O4. The van der Waals surface area contributed by atoms with Gasteiger partial charge in [-0.1, -0.05) is 25.5 Å². The number of aromatic amines is 1. The number of benzene rings is 1. The lowest BCUT2D eigenvalue weighted by Gasteiger charge is -2.27. The zero-order valence-corrected chi connectivity index (χ0v) is 15.0. The minimum Gasteiger partial charge on any atom is -0.494 e. The topological polar surface area (TPSA) is 87.7 Å². The number of aromatic hydroxyl groups is 1. The second kappa shape index (κ2) is 8.71. The minimum absolute atomic E-state index is 0.224. The van der Waals surface area contributed by atoms with Crippen LogP contribution in [0.3, 0.4) is 0 Å². The standard InChI is InChI=1S/C19H25N3O4/c1-2-3-10-26-15-6-4-14(5-7-15)13-16-17(23)20-19(21-18(16)24)22-8-11-25-12-9-22/h4-7H,2-3,8-13H2,1H3,(H2,20,21,23,24). The van der Waals surface area contributed by atoms with E-state index in [0.29, 0.717) is 45.3 Å². The molecule has 3 rings (SSSR count). The molecule has 26 heavy (non-hydrogen) atoms. The zero-order valence-electron chi connectivity index (χ0n) is 15.0. The molecule has 2 heterocycles. The lowest BCUT2D eigenvalue weighted by molar-refractivity contribution is 0.122. The van der Waals surface area contributed by atoms with Crippen LogP contribution in [0.25, 0.3) is 0 Å². The van der Waals surface area contributed by atoms with E-state index in [1.54, 1.807) is 0 Å². The molecule has 1 aliphatic rings. The number of hydrogen-bond donors (Lipinski definition) is 2. The maximum Gasteiger partial charge on any atom is 0.259 e. The van der Waals surface area contributed by atoms with Crippen LogP contribution in [0.15, 0.2) is 29.1 Å². The van der Waals surface area contributed by atoms with Gasteiger partial charge in [-0.05, 0) is 24.1 Å². The Morgan fingerprint density at radius 2 is 2.00 bits per heavy atom. The van der Waals surface area contributed by atoms with Gasteiger partial charge in [-0.3, -0.25) is 9.78 Å². The maximum atomic E-state index is 12.4. The van der Waals surface area contributed by atoms with Crippen molar-refractivity contribution in [1.82, 2.24) is 9.97 Å². The Balaban J connectivity index is 1.70. The van der Waals surface area contributed by atoms with E-state index in [-0.39, 0.29) is 17.0 Å². The van der Waals surface area contributed by atoms with E-state index in [0.717, 1.165) is 24.2 Å². The average Bonchev–Trinajstić information content (AvgIpc) is 2.66. The molecule has 0 unspecified atom stereocenters. The van der Waals surface area contributed by atoms with Gasteiger partial charge in [0, 0.05) is 19.5 Å². The summed E-state index contributed by atoms with van der Waals surface area (Å²) in [6.07, 6.45) is 2.42. The van der Waals surface area contributed by atoms with Gasteiger partial charge in [-0.2, -0.15) is 4.98 Å². The van der Waals surface area contributed by atoms with Crippen LogP contribution in [0.2, 0.25) is 0 Å². The monoisotopic (exact) mass is 359 g/mol. The molecule has 2 N–H and O–H groups in total. The van der Waals surface area contributed by atoms with Crippen LogP contribution in [0.4, 0.5) is 5.95 Å². The summed E-state index contributed by atoms with van der Waals surface area (Å²) in [6, 6.07) is 7.56. The first-order valence-electron chi connectivity index (χ1n) is 9.04. The van der Waals surface area contributed by atoms with Gasteiger partial charge in [-0.15, -0.1) is 0 Å². The first-order valence-corrected chi connectivity index (χ1v) is 9.04. The smallest absolute Gasteiger partial charge is 0.259 e. The van der Waals surface area contributed by atoms with Crippen LogP contribution < -0.4 is 15.2 Å². The molecule has 1 aromatic heterocycles. The van der Waals surface area contributed by atoms with Crippen LogP contribution in [0.5, 0.6) is 11.6 Å². The molecule has 1 aliphatic heterocycles. The number of H-pyrrole nitrogens is 1. The Labute approximate surface area is 152 Å². The van der Waals surface area contributed by atoms with Crippen molar-refractivity contribution in [2.75, 3.05) is 37.8 Å². The Kier molecular flexibility index (Phi) is 6.12. The predicted molar refractivity (Wildman–Crippen MR) is 99.2 cm³/mol. The van der Waals surface area contributed by atoms with Gasteiger partial charge in [-0.25, -0.2) is 0 Å². The van der Waals surface area contributed by atoms with Gasteiger partial charge in [0.25, 0.3) is 5.56 Å². The summed E-state index contributed by atoms with van der Waals surface area (Å²) in [6.45, 7) is 5.26. The minimum atomic E-state index is -0.317. The largest absolute Gasteiger partial charge is 0.494 e. The van der Waals surface area contributed by atoms with Gasteiger partial charge < -0.3 is 19.5 Å². The number of aromatic nitrogens is 2. The molecular weight excluding hydrogens is 334 g/mol. The fourth-order valence-corrected chi connectivity index (χ4v) is 2.80. The summed E-state index contributed by atoms with van der Waals surface area (Å²) in [5.41, 5.74) is 0.860. The molecule has 140 valence electrons. The van der Waals surface area contributed by atoms with Crippen molar-refractivity contribution in [2.24, 2.45) is 0 Å². The molecule has 0 bridgehead atoms. The number of morpholine rings is 1. The highest BCUT2D eigenvalue weighted by atomic mass is 16.5. The van der Waals surface area contributed by atoms with Crippen molar-refractivity contribution < 1.29 is 14.6 Å². The normalized spacial score (nSPS) is 14.4. The van der Waals surface area contributed by atoms with Crippen LogP contribution in [-0.2, 0) is 11.2 Å². The first kappa shape index (κ1) is 18.3. The quantitative estimate of drug-likeness (QED) is 0.736. The summed E-state index contributed by atoms with van der Waals surface area (Å²) in [4.78, 5) is 21.2. The van der Waals surface area contributed by atoms with E-state index in [1.807, 2.05) is 29.2 Å². The molecule has 0 spiro atoms. The maximum absolute atomic E-state index is 12.4. The molecule has 0 atom stereocenters. The lowest BCUT2D eigenvalue weighted by Crippen LogP contribution is -2.38. The van der Waals surface area contributed by atoms with Crippen molar-refractivity contribution in [2.45, 2.75) is 26.2 Å². The third kappa shape index (κ3) is 4.54. The molecule has 7 nitrogen and oxygen atoms in total. The summed E-state index contributed by atoms with van der Waals surface area (Å²) in [7, 11) is 0. The number of nitrogens with zero attached hydrogens (tertiary/aromatic N) is 2. The molecule has 0 amide bonds.